The van der Waals surface area contributed by atoms with Crippen LogP contribution < -0.4 is 4.74 Å². The third kappa shape index (κ3) is 3.13. The standard InChI is InChI=1S/C14H8N2O5/c15-8-9-2-1-3-11(6-9)21-13-7-10(16(19)20)4-5-12(13)14(17)18/h1-7H,(H,17,18). The molecule has 0 unspecified atom stereocenters. The van der Waals surface area contributed by atoms with Gasteiger partial charge in [0.25, 0.3) is 5.69 Å². The van der Waals surface area contributed by atoms with E-state index in [4.69, 9.17) is 15.1 Å². The van der Waals surface area contributed by atoms with Crippen molar-refractivity contribution >= 4 is 11.7 Å². The summed E-state index contributed by atoms with van der Waals surface area (Å²) >= 11 is 0. The van der Waals surface area contributed by atoms with Crippen LogP contribution in [-0.2, 0) is 0 Å². The van der Waals surface area contributed by atoms with Crippen LogP contribution in [0.4, 0.5) is 5.69 Å². The number of nitrogens with zero attached hydrogens (tertiary/aromatic N) is 2. The summed E-state index contributed by atoms with van der Waals surface area (Å²) in [6.07, 6.45) is 0. The lowest BCUT2D eigenvalue weighted by atomic mass is 10.2. The summed E-state index contributed by atoms with van der Waals surface area (Å²) in [7, 11) is 0. The second kappa shape index (κ2) is 5.71. The van der Waals surface area contributed by atoms with Gasteiger partial charge in [0.05, 0.1) is 22.6 Å². The normalized spacial score (nSPS) is 9.67. The number of nitro groups is 1. The zero-order valence-corrected chi connectivity index (χ0v) is 10.5. The molecule has 7 nitrogen and oxygen atoms in total. The van der Waals surface area contributed by atoms with Gasteiger partial charge in [-0.25, -0.2) is 4.79 Å². The lowest BCUT2D eigenvalue weighted by molar-refractivity contribution is -0.384. The highest BCUT2D eigenvalue weighted by molar-refractivity contribution is 5.91. The molecular weight excluding hydrogens is 276 g/mol. The van der Waals surface area contributed by atoms with Gasteiger partial charge in [0.15, 0.2) is 0 Å². The molecule has 0 saturated heterocycles. The Morgan fingerprint density at radius 1 is 1.29 bits per heavy atom. The number of hydrogen-bond acceptors (Lipinski definition) is 5. The molecular formula is C14H8N2O5. The van der Waals surface area contributed by atoms with Gasteiger partial charge in [-0.2, -0.15) is 5.26 Å². The number of hydrogen-bond donors (Lipinski definition) is 1. The van der Waals surface area contributed by atoms with E-state index in [1.165, 1.54) is 12.1 Å². The minimum atomic E-state index is -1.27. The fourth-order valence-electron chi connectivity index (χ4n) is 1.64. The number of non-ortho nitro benzene ring substituents is 1. The average molecular weight is 284 g/mol. The van der Waals surface area contributed by atoms with Crippen molar-refractivity contribution in [1.82, 2.24) is 0 Å². The zero-order chi connectivity index (χ0) is 15.4. The van der Waals surface area contributed by atoms with Crippen LogP contribution >= 0.6 is 0 Å². The molecule has 0 aliphatic carbocycles. The van der Waals surface area contributed by atoms with E-state index in [9.17, 15) is 14.9 Å². The molecule has 2 rings (SSSR count). The van der Waals surface area contributed by atoms with Gasteiger partial charge in [-0.1, -0.05) is 6.07 Å². The third-order valence-corrected chi connectivity index (χ3v) is 2.60. The van der Waals surface area contributed by atoms with Gasteiger partial charge < -0.3 is 9.84 Å². The maximum Gasteiger partial charge on any atom is 0.339 e. The molecule has 1 N–H and O–H groups in total. The SMILES string of the molecule is N#Cc1cccc(Oc2cc([N+](=O)[O-])ccc2C(=O)O)c1. The molecule has 0 saturated carbocycles. The van der Waals surface area contributed by atoms with E-state index in [1.807, 2.05) is 6.07 Å². The maximum absolute atomic E-state index is 11.1. The van der Waals surface area contributed by atoms with Crippen molar-refractivity contribution in [2.75, 3.05) is 0 Å². The van der Waals surface area contributed by atoms with Crippen molar-refractivity contribution in [1.29, 1.82) is 5.26 Å². The van der Waals surface area contributed by atoms with E-state index in [2.05, 4.69) is 0 Å². The molecule has 104 valence electrons. The van der Waals surface area contributed by atoms with Crippen LogP contribution in [-0.4, -0.2) is 16.0 Å². The molecule has 0 heterocycles. The Morgan fingerprint density at radius 2 is 2.05 bits per heavy atom. The van der Waals surface area contributed by atoms with E-state index < -0.39 is 10.9 Å². The Labute approximate surface area is 118 Å². The highest BCUT2D eigenvalue weighted by Gasteiger charge is 2.17. The van der Waals surface area contributed by atoms with Crippen molar-refractivity contribution < 1.29 is 19.6 Å². The number of rotatable bonds is 4. The summed E-state index contributed by atoms with van der Waals surface area (Å²) < 4.78 is 5.37. The van der Waals surface area contributed by atoms with Gasteiger partial charge in [-0.3, -0.25) is 10.1 Å². The first-order valence-corrected chi connectivity index (χ1v) is 5.71. The molecule has 0 radical (unpaired) electrons. The molecule has 0 aromatic heterocycles. The smallest absolute Gasteiger partial charge is 0.339 e. The van der Waals surface area contributed by atoms with Crippen molar-refractivity contribution in [2.24, 2.45) is 0 Å². The lowest BCUT2D eigenvalue weighted by Gasteiger charge is -2.08. The van der Waals surface area contributed by atoms with Crippen LogP contribution in [0.2, 0.25) is 0 Å². The quantitative estimate of drug-likeness (QED) is 0.682. The molecule has 0 spiro atoms. The summed E-state index contributed by atoms with van der Waals surface area (Å²) in [5.74, 6) is -1.21. The van der Waals surface area contributed by atoms with Crippen molar-refractivity contribution in [3.63, 3.8) is 0 Å². The molecule has 0 aliphatic heterocycles. The van der Waals surface area contributed by atoms with Gasteiger partial charge in [0, 0.05) is 6.07 Å². The molecule has 0 amide bonds. The summed E-state index contributed by atoms with van der Waals surface area (Å²) in [5, 5.41) is 28.6. The summed E-state index contributed by atoms with van der Waals surface area (Å²) in [6.45, 7) is 0. The summed E-state index contributed by atoms with van der Waals surface area (Å²) in [5.41, 5.74) is -0.163. The summed E-state index contributed by atoms with van der Waals surface area (Å²) in [4.78, 5) is 21.2. The minimum Gasteiger partial charge on any atom is -0.478 e. The molecule has 2 aromatic rings. The first-order valence-electron chi connectivity index (χ1n) is 5.71. The highest BCUT2D eigenvalue weighted by atomic mass is 16.6. The predicted octanol–water partition coefficient (Wildman–Crippen LogP) is 2.96. The number of aromatic carboxylic acids is 1. The Kier molecular flexibility index (Phi) is 3.81. The van der Waals surface area contributed by atoms with Crippen LogP contribution in [0.3, 0.4) is 0 Å². The van der Waals surface area contributed by atoms with Crippen molar-refractivity contribution in [3.8, 4) is 17.6 Å². The van der Waals surface area contributed by atoms with Gasteiger partial charge >= 0.3 is 5.97 Å². The first kappa shape index (κ1) is 14.0. The first-order chi connectivity index (χ1) is 10.0. The van der Waals surface area contributed by atoms with E-state index in [0.717, 1.165) is 18.2 Å². The largest absolute Gasteiger partial charge is 0.478 e. The average Bonchev–Trinajstić information content (AvgIpc) is 2.47. The zero-order valence-electron chi connectivity index (χ0n) is 10.5. The van der Waals surface area contributed by atoms with Gasteiger partial charge in [0.1, 0.15) is 17.1 Å². The number of carbonyl (C=O) groups is 1. The number of benzene rings is 2. The van der Waals surface area contributed by atoms with Crippen molar-refractivity contribution in [2.45, 2.75) is 0 Å². The third-order valence-electron chi connectivity index (χ3n) is 2.60. The second-order valence-corrected chi connectivity index (χ2v) is 3.98. The lowest BCUT2D eigenvalue weighted by Crippen LogP contribution is -2.01. The van der Waals surface area contributed by atoms with Crippen LogP contribution in [0, 0.1) is 21.4 Å². The molecule has 2 aromatic carbocycles. The topological polar surface area (TPSA) is 113 Å². The number of carboxylic acids is 1. The Morgan fingerprint density at radius 3 is 2.67 bits per heavy atom. The molecule has 0 aliphatic rings. The monoisotopic (exact) mass is 284 g/mol. The molecule has 21 heavy (non-hydrogen) atoms. The number of ether oxygens (including phenoxy) is 1. The Bertz CT molecular complexity index is 764. The molecule has 0 atom stereocenters. The van der Waals surface area contributed by atoms with Gasteiger partial charge in [0.2, 0.25) is 0 Å². The van der Waals surface area contributed by atoms with E-state index in [-0.39, 0.29) is 22.7 Å². The summed E-state index contributed by atoms with van der Waals surface area (Å²) in [6, 6.07) is 11.2. The van der Waals surface area contributed by atoms with Crippen LogP contribution in [0.5, 0.6) is 11.5 Å². The fraction of sp³-hybridized carbons (Fsp3) is 0. The number of nitriles is 1. The number of nitro benzene ring substituents is 1. The molecule has 0 fully saturated rings. The van der Waals surface area contributed by atoms with E-state index in [1.54, 1.807) is 12.1 Å². The minimum absolute atomic E-state index is 0.160. The Hall–Kier alpha value is -3.40. The number of carboxylic acid groups (broad SMARTS) is 1. The highest BCUT2D eigenvalue weighted by Crippen LogP contribution is 2.29. The van der Waals surface area contributed by atoms with Gasteiger partial charge in [-0.15, -0.1) is 0 Å². The van der Waals surface area contributed by atoms with Gasteiger partial charge in [-0.05, 0) is 24.3 Å². The van der Waals surface area contributed by atoms with E-state index in [0.29, 0.717) is 5.56 Å². The maximum atomic E-state index is 11.1. The molecule has 7 heteroatoms. The van der Waals surface area contributed by atoms with Crippen LogP contribution in [0.1, 0.15) is 15.9 Å². The fourth-order valence-corrected chi connectivity index (χ4v) is 1.64. The molecule has 0 bridgehead atoms. The second-order valence-electron chi connectivity index (χ2n) is 3.98. The van der Waals surface area contributed by atoms with Crippen molar-refractivity contribution in [3.05, 3.63) is 63.7 Å². The van der Waals surface area contributed by atoms with Crippen LogP contribution in [0.15, 0.2) is 42.5 Å². The van der Waals surface area contributed by atoms with E-state index >= 15 is 0 Å². The Balaban J connectivity index is 2.45. The predicted molar refractivity (Wildman–Crippen MR) is 71.3 cm³/mol. The van der Waals surface area contributed by atoms with Crippen LogP contribution in [0.25, 0.3) is 0 Å².